The van der Waals surface area contributed by atoms with Gasteiger partial charge in [-0.15, -0.1) is 0 Å². The lowest BCUT2D eigenvalue weighted by Gasteiger charge is -1.98. The van der Waals surface area contributed by atoms with Crippen LogP contribution in [0.25, 0.3) is 0 Å². The first-order chi connectivity index (χ1) is 4.46. The van der Waals surface area contributed by atoms with Gasteiger partial charge in [0, 0.05) is 0 Å². The minimum absolute atomic E-state index is 1.27. The number of carboxylic acid groups (broad SMARTS) is 1. The van der Waals surface area contributed by atoms with Crippen LogP contribution in [-0.2, 0) is 4.79 Å². The van der Waals surface area contributed by atoms with Crippen LogP contribution in [0.5, 0.6) is 0 Å². The van der Waals surface area contributed by atoms with Crippen LogP contribution < -0.4 is 0 Å². The Labute approximate surface area is 65.0 Å². The molecule has 0 rings (SSSR count). The average Bonchev–Trinajstić information content (AvgIpc) is 1.59. The number of carboxylic acids is 1. The molecule has 58 valence electrons. The molecule has 0 fully saturated rings. The van der Waals surface area contributed by atoms with Gasteiger partial charge in [0.2, 0.25) is 0 Å². The molecule has 0 aliphatic heterocycles. The average molecular weight is 191 g/mol. The summed E-state index contributed by atoms with van der Waals surface area (Å²) in [6.07, 6.45) is -2.37. The molecule has 0 aromatic carbocycles. The summed E-state index contributed by atoms with van der Waals surface area (Å²) < 4.78 is 23.1. The Morgan fingerprint density at radius 1 is 1.40 bits per heavy atom. The molecule has 0 saturated carbocycles. The molecule has 0 aromatic rings. The summed E-state index contributed by atoms with van der Waals surface area (Å²) in [6.45, 7) is 0. The molecule has 0 aliphatic carbocycles. The summed E-state index contributed by atoms with van der Waals surface area (Å²) in [5.74, 6) is -1.81. The fraction of sp³-hybridized carbons (Fsp3) is 0.250. The Morgan fingerprint density at radius 2 is 1.80 bits per heavy atom. The number of aliphatic carboxylic acids is 1. The van der Waals surface area contributed by atoms with E-state index < -0.39 is 22.5 Å². The SMILES string of the molecule is O=C(O)C(=C(F)F)C(Cl)Cl. The molecule has 0 aliphatic rings. The van der Waals surface area contributed by atoms with Crippen molar-refractivity contribution >= 4 is 29.2 Å². The maximum Gasteiger partial charge on any atom is 0.339 e. The minimum atomic E-state index is -2.37. The van der Waals surface area contributed by atoms with Crippen LogP contribution in [0.3, 0.4) is 0 Å². The Hall–Kier alpha value is -0.350. The largest absolute Gasteiger partial charge is 0.478 e. The molecule has 0 aromatic heterocycles. The van der Waals surface area contributed by atoms with Crippen LogP contribution >= 0.6 is 23.2 Å². The Morgan fingerprint density at radius 3 is 1.80 bits per heavy atom. The number of hydrogen-bond donors (Lipinski definition) is 1. The van der Waals surface area contributed by atoms with E-state index in [4.69, 9.17) is 28.3 Å². The van der Waals surface area contributed by atoms with Crippen molar-refractivity contribution in [2.75, 3.05) is 0 Å². The van der Waals surface area contributed by atoms with Crippen LogP contribution in [0.2, 0.25) is 0 Å². The van der Waals surface area contributed by atoms with Gasteiger partial charge < -0.3 is 5.11 Å². The van der Waals surface area contributed by atoms with Gasteiger partial charge in [-0.1, -0.05) is 23.2 Å². The maximum atomic E-state index is 11.5. The predicted octanol–water partition coefficient (Wildman–Crippen LogP) is 2.03. The fourth-order valence-electron chi connectivity index (χ4n) is 0.257. The predicted molar refractivity (Wildman–Crippen MR) is 32.4 cm³/mol. The molecule has 0 radical (unpaired) electrons. The first-order valence-electron chi connectivity index (χ1n) is 2.03. The van der Waals surface area contributed by atoms with Crippen molar-refractivity contribution in [3.63, 3.8) is 0 Å². The number of rotatable bonds is 2. The molecular formula is C4H2Cl2F2O2. The summed E-state index contributed by atoms with van der Waals surface area (Å²) in [4.78, 5) is 8.18. The molecule has 0 saturated heterocycles. The van der Waals surface area contributed by atoms with E-state index in [9.17, 15) is 13.6 Å². The van der Waals surface area contributed by atoms with Gasteiger partial charge in [0.1, 0.15) is 10.4 Å². The number of alkyl halides is 2. The van der Waals surface area contributed by atoms with E-state index in [1.54, 1.807) is 0 Å². The third-order valence-corrected chi connectivity index (χ3v) is 1.09. The number of halogens is 4. The minimum Gasteiger partial charge on any atom is -0.478 e. The van der Waals surface area contributed by atoms with Gasteiger partial charge in [0.15, 0.2) is 0 Å². The zero-order valence-electron chi connectivity index (χ0n) is 4.44. The van der Waals surface area contributed by atoms with Crippen LogP contribution in [0.4, 0.5) is 8.78 Å². The fourth-order valence-corrected chi connectivity index (χ4v) is 0.608. The summed E-state index contributed by atoms with van der Waals surface area (Å²) in [7, 11) is 0. The van der Waals surface area contributed by atoms with Gasteiger partial charge in [-0.2, -0.15) is 8.78 Å². The molecule has 0 bridgehead atoms. The molecule has 2 nitrogen and oxygen atoms in total. The van der Waals surface area contributed by atoms with Gasteiger partial charge in [0.05, 0.1) is 0 Å². The van der Waals surface area contributed by atoms with Gasteiger partial charge in [0.25, 0.3) is 6.08 Å². The highest BCUT2D eigenvalue weighted by Gasteiger charge is 2.21. The van der Waals surface area contributed by atoms with Crippen LogP contribution in [0.15, 0.2) is 11.7 Å². The van der Waals surface area contributed by atoms with E-state index in [0.717, 1.165) is 0 Å². The van der Waals surface area contributed by atoms with E-state index in [0.29, 0.717) is 0 Å². The summed E-state index contributed by atoms with van der Waals surface area (Å²) in [5.41, 5.74) is -1.27. The van der Waals surface area contributed by atoms with Crippen molar-refractivity contribution in [2.24, 2.45) is 0 Å². The van der Waals surface area contributed by atoms with Gasteiger partial charge in [-0.3, -0.25) is 0 Å². The zero-order chi connectivity index (χ0) is 8.31. The van der Waals surface area contributed by atoms with E-state index in [1.807, 2.05) is 0 Å². The smallest absolute Gasteiger partial charge is 0.339 e. The van der Waals surface area contributed by atoms with Crippen LogP contribution in [-0.4, -0.2) is 15.9 Å². The molecular weight excluding hydrogens is 189 g/mol. The highest BCUT2D eigenvalue weighted by molar-refractivity contribution is 6.48. The van der Waals surface area contributed by atoms with Crippen molar-refractivity contribution in [3.8, 4) is 0 Å². The maximum absolute atomic E-state index is 11.5. The molecule has 0 heterocycles. The normalized spacial score (nSPS) is 9.70. The van der Waals surface area contributed by atoms with Crippen molar-refractivity contribution in [2.45, 2.75) is 4.84 Å². The Bertz CT molecular complexity index is 174. The molecule has 0 spiro atoms. The lowest BCUT2D eigenvalue weighted by molar-refractivity contribution is -0.132. The van der Waals surface area contributed by atoms with Gasteiger partial charge >= 0.3 is 5.97 Å². The molecule has 6 heteroatoms. The third kappa shape index (κ3) is 2.49. The molecule has 10 heavy (non-hydrogen) atoms. The van der Waals surface area contributed by atoms with E-state index in [-0.39, 0.29) is 0 Å². The van der Waals surface area contributed by atoms with Crippen molar-refractivity contribution in [1.29, 1.82) is 0 Å². The van der Waals surface area contributed by atoms with Crippen molar-refractivity contribution in [3.05, 3.63) is 11.7 Å². The third-order valence-electron chi connectivity index (χ3n) is 0.652. The second-order valence-electron chi connectivity index (χ2n) is 1.28. The highest BCUT2D eigenvalue weighted by Crippen LogP contribution is 2.19. The Kier molecular flexibility index (Phi) is 3.60. The van der Waals surface area contributed by atoms with E-state index in [2.05, 4.69) is 0 Å². The highest BCUT2D eigenvalue weighted by atomic mass is 35.5. The Balaban J connectivity index is 4.61. The standard InChI is InChI=1S/C4H2Cl2F2O2/c5-2(6)1(3(7)8)4(9)10/h2H,(H,9,10). The van der Waals surface area contributed by atoms with Crippen LogP contribution in [0.1, 0.15) is 0 Å². The number of carbonyl (C=O) groups is 1. The van der Waals surface area contributed by atoms with Gasteiger partial charge in [-0.25, -0.2) is 4.79 Å². The molecule has 0 amide bonds. The van der Waals surface area contributed by atoms with Crippen LogP contribution in [0, 0.1) is 0 Å². The zero-order valence-corrected chi connectivity index (χ0v) is 5.96. The quantitative estimate of drug-likeness (QED) is 0.535. The lowest BCUT2D eigenvalue weighted by atomic mass is 10.3. The second-order valence-corrected chi connectivity index (χ2v) is 2.38. The first-order valence-corrected chi connectivity index (χ1v) is 2.90. The summed E-state index contributed by atoms with van der Waals surface area (Å²) >= 11 is 9.76. The first kappa shape index (κ1) is 9.65. The summed E-state index contributed by atoms with van der Waals surface area (Å²) in [6, 6.07) is 0. The monoisotopic (exact) mass is 190 g/mol. The van der Waals surface area contributed by atoms with E-state index in [1.165, 1.54) is 0 Å². The molecule has 1 N–H and O–H groups in total. The molecule has 0 unspecified atom stereocenters. The second kappa shape index (κ2) is 3.73. The van der Waals surface area contributed by atoms with Crippen molar-refractivity contribution in [1.82, 2.24) is 0 Å². The molecule has 0 atom stereocenters. The lowest BCUT2D eigenvalue weighted by Crippen LogP contribution is -2.08. The summed E-state index contributed by atoms with van der Waals surface area (Å²) in [5, 5.41) is 8.01. The van der Waals surface area contributed by atoms with E-state index >= 15 is 0 Å². The topological polar surface area (TPSA) is 37.3 Å². The van der Waals surface area contributed by atoms with Gasteiger partial charge in [-0.05, 0) is 0 Å². The number of hydrogen-bond acceptors (Lipinski definition) is 1. The van der Waals surface area contributed by atoms with Crippen molar-refractivity contribution < 1.29 is 18.7 Å².